The molecular formula is C18H21N3O3. The molecule has 2 heterocycles. The minimum absolute atomic E-state index is 0.138. The summed E-state index contributed by atoms with van der Waals surface area (Å²) < 4.78 is 11.0. The van der Waals surface area contributed by atoms with Gasteiger partial charge in [0, 0.05) is 25.3 Å². The quantitative estimate of drug-likeness (QED) is 0.935. The van der Waals surface area contributed by atoms with Crippen molar-refractivity contribution in [2.24, 2.45) is 0 Å². The molecule has 0 unspecified atom stereocenters. The van der Waals surface area contributed by atoms with E-state index in [9.17, 15) is 4.79 Å². The van der Waals surface area contributed by atoms with Crippen LogP contribution in [-0.4, -0.2) is 35.4 Å². The van der Waals surface area contributed by atoms with Crippen LogP contribution in [0, 0.1) is 13.8 Å². The van der Waals surface area contributed by atoms with Crippen molar-refractivity contribution in [3.63, 3.8) is 0 Å². The largest absolute Gasteiger partial charge is 0.438 e. The summed E-state index contributed by atoms with van der Waals surface area (Å²) in [6, 6.07) is 9.24. The van der Waals surface area contributed by atoms with Crippen LogP contribution < -0.4 is 10.1 Å². The van der Waals surface area contributed by atoms with E-state index in [-0.39, 0.29) is 17.6 Å². The van der Waals surface area contributed by atoms with Crippen LogP contribution in [-0.2, 0) is 4.74 Å². The van der Waals surface area contributed by atoms with Gasteiger partial charge in [-0.2, -0.15) is 0 Å². The summed E-state index contributed by atoms with van der Waals surface area (Å²) in [5.41, 5.74) is 2.63. The Morgan fingerprint density at radius 3 is 2.58 bits per heavy atom. The van der Waals surface area contributed by atoms with Crippen LogP contribution in [0.5, 0.6) is 11.6 Å². The molecule has 0 aliphatic carbocycles. The highest BCUT2D eigenvalue weighted by atomic mass is 16.5. The number of aromatic nitrogens is 2. The average molecular weight is 327 g/mol. The summed E-state index contributed by atoms with van der Waals surface area (Å²) in [5.74, 6) is 0.847. The van der Waals surface area contributed by atoms with Gasteiger partial charge in [0.15, 0.2) is 5.69 Å². The fourth-order valence-corrected chi connectivity index (χ4v) is 2.49. The first-order chi connectivity index (χ1) is 11.6. The van der Waals surface area contributed by atoms with E-state index in [4.69, 9.17) is 9.47 Å². The van der Waals surface area contributed by atoms with E-state index in [0.29, 0.717) is 24.8 Å². The van der Waals surface area contributed by atoms with Gasteiger partial charge in [0.05, 0.1) is 0 Å². The average Bonchev–Trinajstić information content (AvgIpc) is 2.60. The highest BCUT2D eigenvalue weighted by Crippen LogP contribution is 2.21. The Labute approximate surface area is 141 Å². The molecule has 3 rings (SSSR count). The van der Waals surface area contributed by atoms with Gasteiger partial charge >= 0.3 is 0 Å². The van der Waals surface area contributed by atoms with Gasteiger partial charge in [-0.1, -0.05) is 6.07 Å². The summed E-state index contributed by atoms with van der Waals surface area (Å²) in [6.07, 6.45) is 1.65. The van der Waals surface area contributed by atoms with E-state index in [2.05, 4.69) is 15.5 Å². The number of carbonyl (C=O) groups excluding carboxylic acids is 1. The number of rotatable bonds is 4. The van der Waals surface area contributed by atoms with Crippen molar-refractivity contribution in [2.45, 2.75) is 32.7 Å². The van der Waals surface area contributed by atoms with Crippen molar-refractivity contribution in [1.29, 1.82) is 0 Å². The summed E-state index contributed by atoms with van der Waals surface area (Å²) in [5, 5.41) is 10.9. The van der Waals surface area contributed by atoms with Crippen LogP contribution in [0.2, 0.25) is 0 Å². The van der Waals surface area contributed by atoms with E-state index in [1.807, 2.05) is 32.0 Å². The smallest absolute Gasteiger partial charge is 0.272 e. The zero-order valence-electron chi connectivity index (χ0n) is 13.9. The van der Waals surface area contributed by atoms with Crippen LogP contribution in [0.3, 0.4) is 0 Å². The third-order valence-corrected chi connectivity index (χ3v) is 4.13. The predicted octanol–water partition coefficient (Wildman–Crippen LogP) is 2.79. The van der Waals surface area contributed by atoms with Gasteiger partial charge in [-0.15, -0.1) is 10.2 Å². The molecule has 2 aromatic rings. The summed E-state index contributed by atoms with van der Waals surface area (Å²) in [7, 11) is 0. The first-order valence-corrected chi connectivity index (χ1v) is 8.09. The molecule has 0 bridgehead atoms. The number of amides is 1. The molecule has 24 heavy (non-hydrogen) atoms. The number of aryl methyl sites for hydroxylation is 2. The number of carbonyl (C=O) groups is 1. The molecule has 0 radical (unpaired) electrons. The third-order valence-electron chi connectivity index (χ3n) is 4.13. The van der Waals surface area contributed by atoms with Gasteiger partial charge in [0.25, 0.3) is 5.91 Å². The summed E-state index contributed by atoms with van der Waals surface area (Å²) >= 11 is 0. The Hall–Kier alpha value is -2.47. The van der Waals surface area contributed by atoms with Gasteiger partial charge in [0.2, 0.25) is 5.88 Å². The molecule has 1 saturated heterocycles. The van der Waals surface area contributed by atoms with Crippen LogP contribution in [0.25, 0.3) is 0 Å². The number of benzene rings is 1. The molecule has 1 aromatic heterocycles. The van der Waals surface area contributed by atoms with Gasteiger partial charge < -0.3 is 14.8 Å². The Kier molecular flexibility index (Phi) is 5.05. The number of ether oxygens (including phenoxy) is 2. The lowest BCUT2D eigenvalue weighted by atomic mass is 10.1. The summed E-state index contributed by atoms with van der Waals surface area (Å²) in [6.45, 7) is 5.43. The SMILES string of the molecule is Cc1ccc(Oc2ccc(C(=O)NC3CCOCC3)nn2)cc1C. The van der Waals surface area contributed by atoms with Gasteiger partial charge in [-0.3, -0.25) is 4.79 Å². The van der Waals surface area contributed by atoms with E-state index in [0.717, 1.165) is 18.4 Å². The molecule has 6 nitrogen and oxygen atoms in total. The first kappa shape index (κ1) is 16.4. The molecular weight excluding hydrogens is 306 g/mol. The molecule has 1 aromatic carbocycles. The second-order valence-electron chi connectivity index (χ2n) is 5.97. The standard InChI is InChI=1S/C18H21N3O3/c1-12-3-4-15(11-13(12)2)24-17-6-5-16(20-21-17)18(22)19-14-7-9-23-10-8-14/h3-6,11,14H,7-10H2,1-2H3,(H,19,22). The molecule has 1 aliphatic heterocycles. The van der Waals surface area contributed by atoms with E-state index < -0.39 is 0 Å². The van der Waals surface area contributed by atoms with Crippen LogP contribution in [0.4, 0.5) is 0 Å². The van der Waals surface area contributed by atoms with Gasteiger partial charge in [-0.25, -0.2) is 0 Å². The number of hydrogen-bond donors (Lipinski definition) is 1. The predicted molar refractivity (Wildman–Crippen MR) is 89.3 cm³/mol. The van der Waals surface area contributed by atoms with E-state index >= 15 is 0 Å². The second-order valence-corrected chi connectivity index (χ2v) is 5.97. The molecule has 126 valence electrons. The highest BCUT2D eigenvalue weighted by Gasteiger charge is 2.18. The third kappa shape index (κ3) is 4.08. The Balaban J connectivity index is 1.61. The fraction of sp³-hybridized carbons (Fsp3) is 0.389. The number of hydrogen-bond acceptors (Lipinski definition) is 5. The van der Waals surface area contributed by atoms with Crippen molar-refractivity contribution >= 4 is 5.91 Å². The van der Waals surface area contributed by atoms with Crippen molar-refractivity contribution in [1.82, 2.24) is 15.5 Å². The fourth-order valence-electron chi connectivity index (χ4n) is 2.49. The lowest BCUT2D eigenvalue weighted by molar-refractivity contribution is 0.0693. The second kappa shape index (κ2) is 7.40. The highest BCUT2D eigenvalue weighted by molar-refractivity contribution is 5.92. The normalized spacial score (nSPS) is 15.1. The molecule has 0 atom stereocenters. The molecule has 1 fully saturated rings. The lowest BCUT2D eigenvalue weighted by Crippen LogP contribution is -2.39. The molecule has 6 heteroatoms. The zero-order chi connectivity index (χ0) is 16.9. The monoisotopic (exact) mass is 327 g/mol. The Morgan fingerprint density at radius 2 is 1.92 bits per heavy atom. The number of nitrogens with zero attached hydrogens (tertiary/aromatic N) is 2. The Morgan fingerprint density at radius 1 is 1.12 bits per heavy atom. The van der Waals surface area contributed by atoms with Gasteiger partial charge in [0.1, 0.15) is 5.75 Å². The van der Waals surface area contributed by atoms with Crippen molar-refractivity contribution in [3.8, 4) is 11.6 Å². The first-order valence-electron chi connectivity index (χ1n) is 8.09. The molecule has 0 saturated carbocycles. The number of nitrogens with one attached hydrogen (secondary N) is 1. The molecule has 1 aliphatic rings. The summed E-state index contributed by atoms with van der Waals surface area (Å²) in [4.78, 5) is 12.2. The van der Waals surface area contributed by atoms with Crippen molar-refractivity contribution < 1.29 is 14.3 Å². The maximum Gasteiger partial charge on any atom is 0.272 e. The minimum atomic E-state index is -0.216. The van der Waals surface area contributed by atoms with E-state index in [1.165, 1.54) is 5.56 Å². The van der Waals surface area contributed by atoms with Gasteiger partial charge in [-0.05, 0) is 56.0 Å². The van der Waals surface area contributed by atoms with Crippen LogP contribution in [0.1, 0.15) is 34.5 Å². The lowest BCUT2D eigenvalue weighted by Gasteiger charge is -2.22. The minimum Gasteiger partial charge on any atom is -0.438 e. The van der Waals surface area contributed by atoms with Crippen molar-refractivity contribution in [3.05, 3.63) is 47.2 Å². The molecule has 1 amide bonds. The van der Waals surface area contributed by atoms with Crippen molar-refractivity contribution in [2.75, 3.05) is 13.2 Å². The Bertz CT molecular complexity index is 710. The molecule has 0 spiro atoms. The maximum atomic E-state index is 12.2. The topological polar surface area (TPSA) is 73.3 Å². The maximum absolute atomic E-state index is 12.2. The van der Waals surface area contributed by atoms with E-state index in [1.54, 1.807) is 12.1 Å². The van der Waals surface area contributed by atoms with Crippen LogP contribution in [0.15, 0.2) is 30.3 Å². The molecule has 1 N–H and O–H groups in total. The van der Waals surface area contributed by atoms with Crippen LogP contribution >= 0.6 is 0 Å². The zero-order valence-corrected chi connectivity index (χ0v) is 13.9.